The van der Waals surface area contributed by atoms with Crippen molar-refractivity contribution in [2.75, 3.05) is 14.1 Å². The number of likely N-dealkylation sites (N-methyl/N-ethyl adjacent to an activating group) is 1. The van der Waals surface area contributed by atoms with E-state index in [1.807, 2.05) is 0 Å². The molecule has 2 aliphatic carbocycles. The summed E-state index contributed by atoms with van der Waals surface area (Å²) in [5, 5.41) is 0. The van der Waals surface area contributed by atoms with E-state index in [2.05, 4.69) is 42.1 Å². The predicted octanol–water partition coefficient (Wildman–Crippen LogP) is 3.73. The highest BCUT2D eigenvalue weighted by Crippen LogP contribution is 2.37. The summed E-state index contributed by atoms with van der Waals surface area (Å²) in [7, 11) is 4.30. The van der Waals surface area contributed by atoms with Gasteiger partial charge in [-0.1, -0.05) is 18.9 Å². The van der Waals surface area contributed by atoms with E-state index in [0.717, 1.165) is 18.7 Å². The highest BCUT2D eigenvalue weighted by Gasteiger charge is 2.39. The van der Waals surface area contributed by atoms with E-state index in [1.54, 1.807) is 0 Å². The van der Waals surface area contributed by atoms with Crippen LogP contribution in [0.5, 0.6) is 0 Å². The third-order valence-electron chi connectivity index (χ3n) is 5.77. The summed E-state index contributed by atoms with van der Waals surface area (Å²) in [6.45, 7) is 0. The summed E-state index contributed by atoms with van der Waals surface area (Å²) in [6.07, 6.45) is 16.8. The van der Waals surface area contributed by atoms with Crippen molar-refractivity contribution < 1.29 is 9.47 Å². The van der Waals surface area contributed by atoms with Gasteiger partial charge in [0, 0.05) is 19.5 Å². The summed E-state index contributed by atoms with van der Waals surface area (Å²) in [5.74, 6) is 2.13. The van der Waals surface area contributed by atoms with E-state index in [1.165, 1.54) is 50.0 Å². The topological polar surface area (TPSA) is 24.9 Å². The summed E-state index contributed by atoms with van der Waals surface area (Å²) in [5.41, 5.74) is 1.37. The Morgan fingerprint density at radius 3 is 2.70 bits per heavy atom. The second-order valence-corrected chi connectivity index (χ2v) is 7.21. The van der Waals surface area contributed by atoms with Crippen LogP contribution in [0, 0.1) is 0 Å². The van der Waals surface area contributed by atoms with Gasteiger partial charge in [0.25, 0.3) is 0 Å². The summed E-state index contributed by atoms with van der Waals surface area (Å²) < 4.78 is 12.2. The zero-order chi connectivity index (χ0) is 15.8. The first-order valence-electron chi connectivity index (χ1n) is 9.13. The van der Waals surface area contributed by atoms with Crippen LogP contribution in [0.2, 0.25) is 0 Å². The lowest BCUT2D eigenvalue weighted by Gasteiger charge is -2.27. The van der Waals surface area contributed by atoms with Crippen LogP contribution in [0.3, 0.4) is 0 Å². The quantitative estimate of drug-likeness (QED) is 0.775. The van der Waals surface area contributed by atoms with Crippen molar-refractivity contribution >= 4 is 0 Å². The van der Waals surface area contributed by atoms with Gasteiger partial charge in [-0.3, -0.25) is 4.90 Å². The monoisotopic (exact) mass is 316 g/mol. The van der Waals surface area contributed by atoms with Gasteiger partial charge in [0.2, 0.25) is 0 Å². The van der Waals surface area contributed by atoms with Gasteiger partial charge < -0.3 is 14.4 Å². The number of hydrogen-bond acceptors (Lipinski definition) is 4. The zero-order valence-corrected chi connectivity index (χ0v) is 14.3. The lowest BCUT2D eigenvalue weighted by molar-refractivity contribution is 0.0341. The minimum absolute atomic E-state index is 0.106. The molecule has 1 saturated carbocycles. The Labute approximate surface area is 139 Å². The van der Waals surface area contributed by atoms with Gasteiger partial charge in [0.1, 0.15) is 12.0 Å². The van der Waals surface area contributed by atoms with Crippen LogP contribution in [-0.4, -0.2) is 42.3 Å². The highest BCUT2D eigenvalue weighted by atomic mass is 16.5. The second-order valence-electron chi connectivity index (χ2n) is 7.21. The molecule has 126 valence electrons. The molecule has 0 aromatic rings. The van der Waals surface area contributed by atoms with Crippen LogP contribution in [0.15, 0.2) is 35.6 Å². The summed E-state index contributed by atoms with van der Waals surface area (Å²) >= 11 is 0. The minimum Gasteiger partial charge on any atom is -0.443 e. The van der Waals surface area contributed by atoms with Crippen molar-refractivity contribution in [3.8, 4) is 0 Å². The van der Waals surface area contributed by atoms with Crippen molar-refractivity contribution in [3.05, 3.63) is 35.6 Å². The number of allylic oxidation sites excluding steroid dienone is 4. The van der Waals surface area contributed by atoms with E-state index in [9.17, 15) is 0 Å². The van der Waals surface area contributed by atoms with Crippen LogP contribution in [0.25, 0.3) is 0 Å². The Morgan fingerprint density at radius 2 is 1.87 bits per heavy atom. The maximum absolute atomic E-state index is 6.21. The van der Waals surface area contributed by atoms with E-state index < -0.39 is 0 Å². The Balaban J connectivity index is 1.40. The first-order chi connectivity index (χ1) is 11.2. The van der Waals surface area contributed by atoms with E-state index >= 15 is 0 Å². The van der Waals surface area contributed by atoms with Crippen LogP contribution in [-0.2, 0) is 9.47 Å². The molecule has 2 fully saturated rings. The maximum Gasteiger partial charge on any atom is 0.199 e. The number of ether oxygens (including phenoxy) is 2. The second kappa shape index (κ2) is 6.33. The van der Waals surface area contributed by atoms with E-state index in [0.29, 0.717) is 12.1 Å². The molecule has 2 heterocycles. The lowest BCUT2D eigenvalue weighted by atomic mass is 9.93. The van der Waals surface area contributed by atoms with Gasteiger partial charge in [0.15, 0.2) is 5.88 Å². The molecule has 0 amide bonds. The molecule has 0 aromatic carbocycles. The molecule has 0 radical (unpaired) electrons. The van der Waals surface area contributed by atoms with Gasteiger partial charge in [-0.2, -0.15) is 0 Å². The van der Waals surface area contributed by atoms with Crippen molar-refractivity contribution in [1.29, 1.82) is 0 Å². The third-order valence-corrected chi connectivity index (χ3v) is 5.77. The Hall–Kier alpha value is -1.26. The molecule has 4 heteroatoms. The molecular weight excluding hydrogens is 288 g/mol. The largest absolute Gasteiger partial charge is 0.443 e. The van der Waals surface area contributed by atoms with Gasteiger partial charge in [-0.05, 0) is 51.3 Å². The fraction of sp³-hybridized carbons (Fsp3) is 0.684. The van der Waals surface area contributed by atoms with Gasteiger partial charge in [-0.25, -0.2) is 0 Å². The molecule has 3 atom stereocenters. The minimum atomic E-state index is 0.106. The Bertz CT molecular complexity index is 552. The van der Waals surface area contributed by atoms with Crippen molar-refractivity contribution in [1.82, 2.24) is 9.80 Å². The number of hydrogen-bond donors (Lipinski definition) is 0. The first kappa shape index (κ1) is 15.3. The molecule has 3 unspecified atom stereocenters. The normalized spacial score (nSPS) is 36.7. The molecule has 4 nitrogen and oxygen atoms in total. The van der Waals surface area contributed by atoms with Crippen molar-refractivity contribution in [2.45, 2.75) is 69.7 Å². The van der Waals surface area contributed by atoms with Gasteiger partial charge >= 0.3 is 0 Å². The summed E-state index contributed by atoms with van der Waals surface area (Å²) in [4.78, 5) is 4.60. The molecule has 0 bridgehead atoms. The number of fused-ring (bicyclic) bond motifs is 1. The molecule has 0 aromatic heterocycles. The highest BCUT2D eigenvalue weighted by molar-refractivity contribution is 5.25. The molecule has 1 saturated heterocycles. The maximum atomic E-state index is 6.21. The van der Waals surface area contributed by atoms with Crippen LogP contribution in [0.1, 0.15) is 51.4 Å². The lowest BCUT2D eigenvalue weighted by Crippen LogP contribution is -2.36. The summed E-state index contributed by atoms with van der Waals surface area (Å²) in [6, 6.07) is 0.602. The first-order valence-corrected chi connectivity index (χ1v) is 9.13. The molecule has 0 spiro atoms. The molecule has 0 N–H and O–H groups in total. The smallest absolute Gasteiger partial charge is 0.199 e. The number of nitrogens with zero attached hydrogens (tertiary/aromatic N) is 2. The Morgan fingerprint density at radius 1 is 1.04 bits per heavy atom. The average Bonchev–Trinajstić information content (AvgIpc) is 3.07. The SMILES string of the molecule is CN1C2=C(CCCC2)O/C1=C/C=C/C1OC2CCCCC2N1C. The molecule has 2 aliphatic heterocycles. The van der Waals surface area contributed by atoms with E-state index in [-0.39, 0.29) is 6.23 Å². The van der Waals surface area contributed by atoms with Crippen LogP contribution >= 0.6 is 0 Å². The van der Waals surface area contributed by atoms with Crippen LogP contribution in [0.4, 0.5) is 0 Å². The molecule has 4 aliphatic rings. The zero-order valence-electron chi connectivity index (χ0n) is 14.3. The molecule has 4 rings (SSSR count). The Kier molecular flexibility index (Phi) is 4.20. The number of rotatable bonds is 2. The van der Waals surface area contributed by atoms with E-state index in [4.69, 9.17) is 9.47 Å². The van der Waals surface area contributed by atoms with Gasteiger partial charge in [0.05, 0.1) is 11.8 Å². The fourth-order valence-electron chi connectivity index (χ4n) is 4.38. The average molecular weight is 316 g/mol. The third kappa shape index (κ3) is 2.83. The molecule has 23 heavy (non-hydrogen) atoms. The predicted molar refractivity (Wildman–Crippen MR) is 90.2 cm³/mol. The van der Waals surface area contributed by atoms with Crippen LogP contribution < -0.4 is 0 Å². The van der Waals surface area contributed by atoms with Crippen molar-refractivity contribution in [3.63, 3.8) is 0 Å². The molecular formula is C19H28N2O2. The van der Waals surface area contributed by atoms with Gasteiger partial charge in [-0.15, -0.1) is 0 Å². The fourth-order valence-corrected chi connectivity index (χ4v) is 4.38. The van der Waals surface area contributed by atoms with Crippen molar-refractivity contribution in [2.24, 2.45) is 0 Å². The standard InChI is InChI=1S/C19H28N2O2/c1-20-14-8-3-5-10-16(14)22-18(20)12-7-13-19-21(2)15-9-4-6-11-17(15)23-19/h7,12-14,16,18H,3-6,8-11H2,1-2H3/b12-7+,19-13+.